The van der Waals surface area contributed by atoms with Gasteiger partial charge in [-0.05, 0) is 79.4 Å². The van der Waals surface area contributed by atoms with Gasteiger partial charge in [0.15, 0.2) is 5.76 Å². The van der Waals surface area contributed by atoms with Gasteiger partial charge < -0.3 is 15.1 Å². The Kier molecular flexibility index (Phi) is 7.02. The summed E-state index contributed by atoms with van der Waals surface area (Å²) >= 11 is 0. The quantitative estimate of drug-likeness (QED) is 0.569. The normalized spacial score (nSPS) is 14.8. The van der Waals surface area contributed by atoms with Crippen LogP contribution in [0.3, 0.4) is 0 Å². The summed E-state index contributed by atoms with van der Waals surface area (Å²) in [7, 11) is 0. The van der Waals surface area contributed by atoms with Gasteiger partial charge in [0, 0.05) is 24.3 Å². The summed E-state index contributed by atoms with van der Waals surface area (Å²) in [5, 5.41) is 5.69. The molecular formula is C26H29N3O3. The highest BCUT2D eigenvalue weighted by atomic mass is 16.3. The standard InChI is InChI=1S/C26H29N3O3/c1-19-12-14-29(15-13-19)18-21-6-4-20(5-7-21)17-27-25(30)22-8-10-23(11-9-22)28-26(31)24-3-2-16-32-24/h2-11,16,19H,12-15,17-18H2,1H3,(H,27,30)(H,28,31). The van der Waals surface area contributed by atoms with Crippen molar-refractivity contribution < 1.29 is 14.0 Å². The second kappa shape index (κ2) is 10.3. The van der Waals surface area contributed by atoms with Gasteiger partial charge in [0.25, 0.3) is 11.8 Å². The molecule has 0 saturated carbocycles. The van der Waals surface area contributed by atoms with E-state index < -0.39 is 0 Å². The number of furan rings is 1. The Morgan fingerprint density at radius 3 is 2.28 bits per heavy atom. The maximum atomic E-state index is 12.5. The molecular weight excluding hydrogens is 402 g/mol. The summed E-state index contributed by atoms with van der Waals surface area (Å²) in [6.45, 7) is 6.13. The average Bonchev–Trinajstić information content (AvgIpc) is 3.36. The first-order chi connectivity index (χ1) is 15.6. The van der Waals surface area contributed by atoms with Crippen LogP contribution < -0.4 is 10.6 Å². The van der Waals surface area contributed by atoms with Crippen LogP contribution in [0.4, 0.5) is 5.69 Å². The van der Waals surface area contributed by atoms with E-state index in [1.165, 1.54) is 37.8 Å². The summed E-state index contributed by atoms with van der Waals surface area (Å²) in [4.78, 5) is 27.0. The molecule has 6 nitrogen and oxygen atoms in total. The van der Waals surface area contributed by atoms with Gasteiger partial charge in [-0.3, -0.25) is 14.5 Å². The van der Waals surface area contributed by atoms with E-state index in [2.05, 4.69) is 46.7 Å². The van der Waals surface area contributed by atoms with Crippen molar-refractivity contribution in [1.29, 1.82) is 0 Å². The average molecular weight is 432 g/mol. The van der Waals surface area contributed by atoms with Gasteiger partial charge in [0.1, 0.15) is 0 Å². The van der Waals surface area contributed by atoms with Gasteiger partial charge in [-0.25, -0.2) is 0 Å². The van der Waals surface area contributed by atoms with Gasteiger partial charge in [0.2, 0.25) is 0 Å². The summed E-state index contributed by atoms with van der Waals surface area (Å²) in [5.74, 6) is 0.600. The van der Waals surface area contributed by atoms with Crippen molar-refractivity contribution in [3.8, 4) is 0 Å². The zero-order valence-corrected chi connectivity index (χ0v) is 18.3. The summed E-state index contributed by atoms with van der Waals surface area (Å²) < 4.78 is 5.07. The highest BCUT2D eigenvalue weighted by Crippen LogP contribution is 2.18. The van der Waals surface area contributed by atoms with Gasteiger partial charge in [-0.2, -0.15) is 0 Å². The van der Waals surface area contributed by atoms with Crippen molar-refractivity contribution in [1.82, 2.24) is 10.2 Å². The zero-order valence-electron chi connectivity index (χ0n) is 18.3. The topological polar surface area (TPSA) is 74.6 Å². The number of amides is 2. The van der Waals surface area contributed by atoms with E-state index in [1.54, 1.807) is 36.4 Å². The molecule has 0 atom stereocenters. The number of anilines is 1. The Morgan fingerprint density at radius 1 is 0.938 bits per heavy atom. The third kappa shape index (κ3) is 5.86. The van der Waals surface area contributed by atoms with Gasteiger partial charge in [0.05, 0.1) is 6.26 Å². The van der Waals surface area contributed by atoms with Crippen LogP contribution in [0, 0.1) is 5.92 Å². The molecule has 4 rings (SSSR count). The second-order valence-corrected chi connectivity index (χ2v) is 8.47. The maximum absolute atomic E-state index is 12.5. The molecule has 1 aromatic heterocycles. The molecule has 1 saturated heterocycles. The Hall–Kier alpha value is -3.38. The number of piperidine rings is 1. The van der Waals surface area contributed by atoms with Crippen LogP contribution in [-0.2, 0) is 13.1 Å². The first kappa shape index (κ1) is 21.8. The molecule has 0 spiro atoms. The van der Waals surface area contributed by atoms with E-state index in [0.717, 1.165) is 18.0 Å². The SMILES string of the molecule is CC1CCN(Cc2ccc(CNC(=O)c3ccc(NC(=O)c4ccco4)cc3)cc2)CC1. The minimum absolute atomic E-state index is 0.152. The van der Waals surface area contributed by atoms with E-state index in [-0.39, 0.29) is 17.6 Å². The third-order valence-corrected chi connectivity index (χ3v) is 5.91. The summed E-state index contributed by atoms with van der Waals surface area (Å²) in [6, 6.07) is 18.5. The summed E-state index contributed by atoms with van der Waals surface area (Å²) in [5.41, 5.74) is 3.51. The predicted molar refractivity (Wildman–Crippen MR) is 124 cm³/mol. The van der Waals surface area contributed by atoms with Crippen LogP contribution in [0.2, 0.25) is 0 Å². The van der Waals surface area contributed by atoms with Crippen molar-refractivity contribution in [2.24, 2.45) is 5.92 Å². The minimum Gasteiger partial charge on any atom is -0.459 e. The number of carbonyl (C=O) groups is 2. The fourth-order valence-corrected chi connectivity index (χ4v) is 3.83. The zero-order chi connectivity index (χ0) is 22.3. The fourth-order valence-electron chi connectivity index (χ4n) is 3.83. The van der Waals surface area contributed by atoms with Crippen molar-refractivity contribution in [3.05, 3.63) is 89.4 Å². The van der Waals surface area contributed by atoms with Crippen LogP contribution in [0.5, 0.6) is 0 Å². The molecule has 0 aliphatic carbocycles. The number of nitrogens with zero attached hydrogens (tertiary/aromatic N) is 1. The molecule has 1 aliphatic heterocycles. The molecule has 1 aliphatic rings. The lowest BCUT2D eigenvalue weighted by Crippen LogP contribution is -2.32. The van der Waals surface area contributed by atoms with Crippen LogP contribution in [0.15, 0.2) is 71.3 Å². The van der Waals surface area contributed by atoms with E-state index in [4.69, 9.17) is 4.42 Å². The Labute approximate surface area is 188 Å². The number of rotatable bonds is 7. The monoisotopic (exact) mass is 431 g/mol. The molecule has 6 heteroatoms. The van der Waals surface area contributed by atoms with E-state index in [9.17, 15) is 9.59 Å². The number of hydrogen-bond donors (Lipinski definition) is 2. The lowest BCUT2D eigenvalue weighted by Gasteiger charge is -2.30. The lowest BCUT2D eigenvalue weighted by atomic mass is 9.99. The molecule has 2 heterocycles. The molecule has 1 fully saturated rings. The highest BCUT2D eigenvalue weighted by molar-refractivity contribution is 6.02. The molecule has 0 radical (unpaired) electrons. The Morgan fingerprint density at radius 2 is 1.62 bits per heavy atom. The van der Waals surface area contributed by atoms with Crippen LogP contribution >= 0.6 is 0 Å². The van der Waals surface area contributed by atoms with Crippen LogP contribution in [-0.4, -0.2) is 29.8 Å². The molecule has 166 valence electrons. The van der Waals surface area contributed by atoms with Gasteiger partial charge >= 0.3 is 0 Å². The fraction of sp³-hybridized carbons (Fsp3) is 0.308. The van der Waals surface area contributed by atoms with E-state index in [1.807, 2.05) is 0 Å². The Balaban J connectivity index is 1.24. The van der Waals surface area contributed by atoms with Crippen LogP contribution in [0.1, 0.15) is 51.8 Å². The predicted octanol–water partition coefficient (Wildman–Crippen LogP) is 4.69. The second-order valence-electron chi connectivity index (χ2n) is 8.47. The van der Waals surface area contributed by atoms with Gasteiger partial charge in [-0.15, -0.1) is 0 Å². The lowest BCUT2D eigenvalue weighted by molar-refractivity contribution is 0.0950. The minimum atomic E-state index is -0.328. The van der Waals surface area contributed by atoms with E-state index in [0.29, 0.717) is 17.8 Å². The first-order valence-corrected chi connectivity index (χ1v) is 11.1. The van der Waals surface area contributed by atoms with Crippen molar-refractivity contribution in [2.75, 3.05) is 18.4 Å². The summed E-state index contributed by atoms with van der Waals surface area (Å²) in [6.07, 6.45) is 4.01. The molecule has 3 aromatic rings. The number of carbonyl (C=O) groups excluding carboxylic acids is 2. The Bertz CT molecular complexity index is 1020. The van der Waals surface area contributed by atoms with Crippen molar-refractivity contribution in [3.63, 3.8) is 0 Å². The smallest absolute Gasteiger partial charge is 0.291 e. The molecule has 2 aromatic carbocycles. The van der Waals surface area contributed by atoms with E-state index >= 15 is 0 Å². The molecule has 2 amide bonds. The number of likely N-dealkylation sites (tertiary alicyclic amines) is 1. The van der Waals surface area contributed by atoms with Crippen molar-refractivity contribution in [2.45, 2.75) is 32.9 Å². The largest absolute Gasteiger partial charge is 0.459 e. The van der Waals surface area contributed by atoms with Crippen LogP contribution in [0.25, 0.3) is 0 Å². The van der Waals surface area contributed by atoms with Gasteiger partial charge in [-0.1, -0.05) is 31.2 Å². The number of hydrogen-bond acceptors (Lipinski definition) is 4. The maximum Gasteiger partial charge on any atom is 0.291 e. The molecule has 2 N–H and O–H groups in total. The third-order valence-electron chi connectivity index (χ3n) is 5.91. The molecule has 0 bridgehead atoms. The van der Waals surface area contributed by atoms with Crippen molar-refractivity contribution >= 4 is 17.5 Å². The molecule has 0 unspecified atom stereocenters. The number of benzene rings is 2. The highest BCUT2D eigenvalue weighted by Gasteiger charge is 2.15. The number of nitrogens with one attached hydrogen (secondary N) is 2. The molecule has 32 heavy (non-hydrogen) atoms. The first-order valence-electron chi connectivity index (χ1n) is 11.1.